The molecular formula is C23H30N2O2. The highest BCUT2D eigenvalue weighted by molar-refractivity contribution is 5.81. The van der Waals surface area contributed by atoms with Crippen molar-refractivity contribution in [2.24, 2.45) is 0 Å². The third-order valence-corrected chi connectivity index (χ3v) is 5.28. The predicted molar refractivity (Wildman–Crippen MR) is 109 cm³/mol. The first kappa shape index (κ1) is 19.6. The predicted octanol–water partition coefficient (Wildman–Crippen LogP) is 2.90. The quantitative estimate of drug-likeness (QED) is 0.855. The second-order valence-corrected chi connectivity index (χ2v) is 7.55. The van der Waals surface area contributed by atoms with Crippen molar-refractivity contribution in [3.8, 4) is 0 Å². The Morgan fingerprint density at radius 3 is 2.00 bits per heavy atom. The summed E-state index contributed by atoms with van der Waals surface area (Å²) < 4.78 is 5.69. The molecule has 2 aromatic rings. The van der Waals surface area contributed by atoms with Gasteiger partial charge in [0.15, 0.2) is 0 Å². The molecule has 1 N–H and O–H groups in total. The van der Waals surface area contributed by atoms with Crippen molar-refractivity contribution in [2.75, 3.05) is 26.7 Å². The van der Waals surface area contributed by atoms with Crippen LogP contribution >= 0.6 is 0 Å². The lowest BCUT2D eigenvalue weighted by Crippen LogP contribution is -2.51. The van der Waals surface area contributed by atoms with Gasteiger partial charge in [-0.1, -0.05) is 59.7 Å². The fraction of sp³-hybridized carbons (Fsp3) is 0.435. The van der Waals surface area contributed by atoms with Crippen molar-refractivity contribution < 1.29 is 9.53 Å². The summed E-state index contributed by atoms with van der Waals surface area (Å²) in [6.07, 6.45) is 1.27. The van der Waals surface area contributed by atoms with Crippen molar-refractivity contribution in [1.82, 2.24) is 10.2 Å². The molecule has 1 amide bonds. The summed E-state index contributed by atoms with van der Waals surface area (Å²) in [4.78, 5) is 14.9. The average Bonchev–Trinajstić information content (AvgIpc) is 2.70. The van der Waals surface area contributed by atoms with Gasteiger partial charge >= 0.3 is 0 Å². The first-order chi connectivity index (χ1) is 13.0. The van der Waals surface area contributed by atoms with Gasteiger partial charge in [0.25, 0.3) is 5.91 Å². The maximum absolute atomic E-state index is 13.0. The first-order valence-corrected chi connectivity index (χ1v) is 9.73. The topological polar surface area (TPSA) is 41.6 Å². The van der Waals surface area contributed by atoms with Crippen LogP contribution in [0.25, 0.3) is 0 Å². The van der Waals surface area contributed by atoms with Crippen LogP contribution in [0.5, 0.6) is 0 Å². The van der Waals surface area contributed by atoms with Crippen LogP contribution in [-0.2, 0) is 22.4 Å². The minimum Gasteiger partial charge on any atom is -0.366 e. The van der Waals surface area contributed by atoms with Crippen molar-refractivity contribution in [3.05, 3.63) is 70.8 Å². The molecule has 0 unspecified atom stereocenters. The van der Waals surface area contributed by atoms with Crippen LogP contribution in [0.3, 0.4) is 0 Å². The smallest absolute Gasteiger partial charge is 0.253 e. The number of amides is 1. The van der Waals surface area contributed by atoms with Crippen LogP contribution < -0.4 is 5.32 Å². The van der Waals surface area contributed by atoms with Crippen LogP contribution in [0.2, 0.25) is 0 Å². The van der Waals surface area contributed by atoms with Gasteiger partial charge in [0, 0.05) is 26.2 Å². The minimum atomic E-state index is -0.387. The van der Waals surface area contributed by atoms with E-state index in [1.165, 1.54) is 22.3 Å². The van der Waals surface area contributed by atoms with Crippen molar-refractivity contribution >= 4 is 5.91 Å². The molecule has 0 bridgehead atoms. The third-order valence-electron chi connectivity index (χ3n) is 5.28. The number of benzene rings is 2. The van der Waals surface area contributed by atoms with Gasteiger partial charge in [0.1, 0.15) is 6.10 Å². The molecule has 144 valence electrons. The molecule has 27 heavy (non-hydrogen) atoms. The molecule has 1 aliphatic rings. The summed E-state index contributed by atoms with van der Waals surface area (Å²) in [7, 11) is 1.91. The molecule has 4 nitrogen and oxygen atoms in total. The fourth-order valence-electron chi connectivity index (χ4n) is 3.47. The summed E-state index contributed by atoms with van der Waals surface area (Å²) in [5.74, 6) is 0.0615. The summed E-state index contributed by atoms with van der Waals surface area (Å²) in [5.41, 5.74) is 5.00. The molecule has 0 radical (unpaired) electrons. The number of aryl methyl sites for hydroxylation is 2. The van der Waals surface area contributed by atoms with E-state index in [1.807, 2.05) is 11.9 Å². The van der Waals surface area contributed by atoms with Crippen LogP contribution in [0.1, 0.15) is 22.3 Å². The third kappa shape index (κ3) is 5.41. The summed E-state index contributed by atoms with van der Waals surface area (Å²) in [6.45, 7) is 6.17. The van der Waals surface area contributed by atoms with Gasteiger partial charge in [-0.25, -0.2) is 0 Å². The average molecular weight is 367 g/mol. The Morgan fingerprint density at radius 2 is 1.56 bits per heavy atom. The lowest BCUT2D eigenvalue weighted by Gasteiger charge is -2.33. The highest BCUT2D eigenvalue weighted by atomic mass is 16.5. The van der Waals surface area contributed by atoms with E-state index in [9.17, 15) is 4.79 Å². The SMILES string of the molecule is Cc1ccc(CC(Cc2ccc(C)cc2)N(C)C(=O)[C@@H]2CNCCO2)cc1. The standard InChI is InChI=1S/C23H30N2O2/c1-17-4-8-19(9-5-17)14-21(15-20-10-6-18(2)7-11-20)25(3)23(26)22-16-24-12-13-27-22/h4-11,21-22,24H,12-16H2,1-3H3/t22-/m0/s1. The normalized spacial score (nSPS) is 17.1. The van der Waals surface area contributed by atoms with Crippen LogP contribution in [-0.4, -0.2) is 49.7 Å². The second-order valence-electron chi connectivity index (χ2n) is 7.55. The van der Waals surface area contributed by atoms with E-state index < -0.39 is 0 Å². The van der Waals surface area contributed by atoms with E-state index in [0.29, 0.717) is 13.2 Å². The van der Waals surface area contributed by atoms with E-state index in [1.54, 1.807) is 0 Å². The van der Waals surface area contributed by atoms with Crippen LogP contribution in [0, 0.1) is 13.8 Å². The number of carbonyl (C=O) groups excluding carboxylic acids is 1. The Kier molecular flexibility index (Phi) is 6.64. The number of nitrogens with one attached hydrogen (secondary N) is 1. The summed E-state index contributed by atoms with van der Waals surface area (Å²) in [6, 6.07) is 17.3. The molecule has 4 heteroatoms. The minimum absolute atomic E-state index is 0.0615. The highest BCUT2D eigenvalue weighted by Crippen LogP contribution is 2.17. The van der Waals surface area contributed by atoms with Gasteiger partial charge in [-0.15, -0.1) is 0 Å². The van der Waals surface area contributed by atoms with Crippen LogP contribution in [0.4, 0.5) is 0 Å². The highest BCUT2D eigenvalue weighted by Gasteiger charge is 2.29. The number of hydrogen-bond donors (Lipinski definition) is 1. The number of nitrogens with zero attached hydrogens (tertiary/aromatic N) is 1. The van der Waals surface area contributed by atoms with Gasteiger partial charge in [-0.3, -0.25) is 4.79 Å². The van der Waals surface area contributed by atoms with Crippen molar-refractivity contribution in [1.29, 1.82) is 0 Å². The molecule has 1 aliphatic heterocycles. The molecule has 3 rings (SSSR count). The van der Waals surface area contributed by atoms with E-state index in [0.717, 1.165) is 19.4 Å². The molecule has 0 aromatic heterocycles. The molecule has 0 saturated carbocycles. The molecular weight excluding hydrogens is 336 g/mol. The lowest BCUT2D eigenvalue weighted by atomic mass is 9.96. The molecule has 1 atom stereocenters. The Balaban J connectivity index is 1.77. The number of hydrogen-bond acceptors (Lipinski definition) is 3. The number of carbonyl (C=O) groups is 1. The van der Waals surface area contributed by atoms with Crippen LogP contribution in [0.15, 0.2) is 48.5 Å². The summed E-state index contributed by atoms with van der Waals surface area (Å²) in [5, 5.41) is 3.25. The van der Waals surface area contributed by atoms with Gasteiger partial charge in [0.05, 0.1) is 6.61 Å². The number of likely N-dealkylation sites (N-methyl/N-ethyl adjacent to an activating group) is 1. The summed E-state index contributed by atoms with van der Waals surface area (Å²) >= 11 is 0. The molecule has 0 aliphatic carbocycles. The van der Waals surface area contributed by atoms with Crippen molar-refractivity contribution in [3.63, 3.8) is 0 Å². The molecule has 1 fully saturated rings. The van der Waals surface area contributed by atoms with E-state index in [4.69, 9.17) is 4.74 Å². The number of rotatable bonds is 6. The largest absolute Gasteiger partial charge is 0.366 e. The first-order valence-electron chi connectivity index (χ1n) is 9.73. The monoisotopic (exact) mass is 366 g/mol. The van der Waals surface area contributed by atoms with Gasteiger partial charge in [0.2, 0.25) is 0 Å². The fourth-order valence-corrected chi connectivity index (χ4v) is 3.47. The zero-order valence-electron chi connectivity index (χ0n) is 16.6. The van der Waals surface area contributed by atoms with Gasteiger partial charge in [-0.05, 0) is 37.8 Å². The zero-order chi connectivity index (χ0) is 19.2. The van der Waals surface area contributed by atoms with E-state index in [-0.39, 0.29) is 18.1 Å². The maximum Gasteiger partial charge on any atom is 0.253 e. The van der Waals surface area contributed by atoms with Gasteiger partial charge in [-0.2, -0.15) is 0 Å². The Bertz CT molecular complexity index is 686. The molecule has 0 spiro atoms. The van der Waals surface area contributed by atoms with E-state index >= 15 is 0 Å². The Hall–Kier alpha value is -2.17. The zero-order valence-corrected chi connectivity index (χ0v) is 16.6. The van der Waals surface area contributed by atoms with E-state index in [2.05, 4.69) is 67.7 Å². The number of ether oxygens (including phenoxy) is 1. The van der Waals surface area contributed by atoms with Crippen molar-refractivity contribution in [2.45, 2.75) is 38.8 Å². The Morgan fingerprint density at radius 1 is 1.04 bits per heavy atom. The molecule has 1 heterocycles. The molecule has 2 aromatic carbocycles. The van der Waals surface area contributed by atoms with Gasteiger partial charge < -0.3 is 15.0 Å². The maximum atomic E-state index is 13.0. The Labute approximate surface area is 162 Å². The lowest BCUT2D eigenvalue weighted by molar-refractivity contribution is -0.146. The second kappa shape index (κ2) is 9.16. The molecule has 1 saturated heterocycles. The number of morpholine rings is 1.